The Bertz CT molecular complexity index is 376. The molecule has 1 aromatic rings. The summed E-state index contributed by atoms with van der Waals surface area (Å²) in [4.78, 5) is 3.77. The van der Waals surface area contributed by atoms with Gasteiger partial charge in [-0.1, -0.05) is 25.7 Å². The Balaban J connectivity index is 2.31. The number of hydrogen-bond donors (Lipinski definition) is 1. The predicted octanol–water partition coefficient (Wildman–Crippen LogP) is 3.71. The van der Waals surface area contributed by atoms with Crippen molar-refractivity contribution in [2.75, 3.05) is 14.1 Å². The lowest BCUT2D eigenvalue weighted by Gasteiger charge is -2.44. The van der Waals surface area contributed by atoms with Crippen LogP contribution >= 0.6 is 11.3 Å². The minimum atomic E-state index is 0.150. The molecule has 3 heteroatoms. The van der Waals surface area contributed by atoms with E-state index in [1.807, 2.05) is 11.3 Å². The Labute approximate surface area is 115 Å². The Hall–Kier alpha value is -0.380. The first kappa shape index (κ1) is 14.0. The molecule has 1 heterocycles. The van der Waals surface area contributed by atoms with E-state index < -0.39 is 0 Å². The molecule has 102 valence electrons. The van der Waals surface area contributed by atoms with Crippen molar-refractivity contribution in [1.29, 1.82) is 0 Å². The number of thiophene rings is 1. The molecule has 1 fully saturated rings. The van der Waals surface area contributed by atoms with Gasteiger partial charge < -0.3 is 10.6 Å². The van der Waals surface area contributed by atoms with Gasteiger partial charge in [0.2, 0.25) is 0 Å². The number of nitrogens with two attached hydrogens (primary N) is 1. The summed E-state index contributed by atoms with van der Waals surface area (Å²) < 4.78 is 0. The van der Waals surface area contributed by atoms with Crippen LogP contribution in [-0.4, -0.2) is 24.5 Å². The molecule has 1 unspecified atom stereocenters. The summed E-state index contributed by atoms with van der Waals surface area (Å²) in [6.45, 7) is 2.19. The van der Waals surface area contributed by atoms with Gasteiger partial charge in [-0.15, -0.1) is 11.3 Å². The van der Waals surface area contributed by atoms with Gasteiger partial charge >= 0.3 is 0 Å². The first-order chi connectivity index (χ1) is 8.58. The fourth-order valence-electron chi connectivity index (χ4n) is 3.38. The highest BCUT2D eigenvalue weighted by Gasteiger charge is 2.40. The van der Waals surface area contributed by atoms with Gasteiger partial charge in [0.25, 0.3) is 0 Å². The molecule has 1 atom stereocenters. The minimum Gasteiger partial charge on any atom is -0.322 e. The second-order valence-electron chi connectivity index (χ2n) is 5.82. The number of nitrogens with zero attached hydrogens (tertiary/aromatic N) is 1. The summed E-state index contributed by atoms with van der Waals surface area (Å²) in [6.07, 6.45) is 7.83. The maximum atomic E-state index is 6.69. The Morgan fingerprint density at radius 3 is 2.28 bits per heavy atom. The van der Waals surface area contributed by atoms with E-state index in [9.17, 15) is 0 Å². The number of hydrogen-bond acceptors (Lipinski definition) is 3. The zero-order chi connectivity index (χ0) is 13.2. The highest BCUT2D eigenvalue weighted by Crippen LogP contribution is 2.41. The SMILES string of the molecule is Cc1sccc1C(N)C1(N(C)C)CCCCCC1. The fraction of sp³-hybridized carbons (Fsp3) is 0.733. The summed E-state index contributed by atoms with van der Waals surface area (Å²) >= 11 is 1.81. The van der Waals surface area contributed by atoms with Crippen molar-refractivity contribution < 1.29 is 0 Å². The largest absolute Gasteiger partial charge is 0.322 e. The van der Waals surface area contributed by atoms with Gasteiger partial charge in [-0.25, -0.2) is 0 Å². The molecule has 0 aliphatic heterocycles. The molecular weight excluding hydrogens is 240 g/mol. The van der Waals surface area contributed by atoms with E-state index >= 15 is 0 Å². The lowest BCUT2D eigenvalue weighted by molar-refractivity contribution is 0.0968. The zero-order valence-corrected chi connectivity index (χ0v) is 12.7. The average molecular weight is 266 g/mol. The van der Waals surface area contributed by atoms with Crippen LogP contribution in [0.15, 0.2) is 11.4 Å². The molecule has 0 bridgehead atoms. The zero-order valence-electron chi connectivity index (χ0n) is 11.9. The number of rotatable bonds is 3. The van der Waals surface area contributed by atoms with E-state index in [2.05, 4.69) is 37.4 Å². The van der Waals surface area contributed by atoms with Crippen LogP contribution in [0.25, 0.3) is 0 Å². The van der Waals surface area contributed by atoms with Crippen LogP contribution in [0.4, 0.5) is 0 Å². The van der Waals surface area contributed by atoms with Crippen molar-refractivity contribution in [2.45, 2.75) is 57.0 Å². The molecule has 18 heavy (non-hydrogen) atoms. The monoisotopic (exact) mass is 266 g/mol. The van der Waals surface area contributed by atoms with E-state index in [0.29, 0.717) is 0 Å². The molecule has 1 aliphatic carbocycles. The van der Waals surface area contributed by atoms with Crippen LogP contribution in [-0.2, 0) is 0 Å². The van der Waals surface area contributed by atoms with Crippen LogP contribution < -0.4 is 5.73 Å². The molecule has 1 aromatic heterocycles. The van der Waals surface area contributed by atoms with Gasteiger partial charge in [-0.2, -0.15) is 0 Å². The molecule has 2 nitrogen and oxygen atoms in total. The first-order valence-corrected chi connectivity index (χ1v) is 7.93. The molecule has 1 saturated carbocycles. The molecule has 0 amide bonds. The first-order valence-electron chi connectivity index (χ1n) is 7.05. The van der Waals surface area contributed by atoms with E-state index in [-0.39, 0.29) is 11.6 Å². The van der Waals surface area contributed by atoms with Gasteiger partial charge in [0.15, 0.2) is 0 Å². The smallest absolute Gasteiger partial charge is 0.0492 e. The van der Waals surface area contributed by atoms with Gasteiger partial charge in [-0.3, -0.25) is 0 Å². The lowest BCUT2D eigenvalue weighted by atomic mass is 9.78. The van der Waals surface area contributed by atoms with Crippen LogP contribution in [0.3, 0.4) is 0 Å². The third kappa shape index (κ3) is 2.49. The van der Waals surface area contributed by atoms with Crippen LogP contribution in [0, 0.1) is 6.92 Å². The van der Waals surface area contributed by atoms with Gasteiger partial charge in [0.1, 0.15) is 0 Å². The maximum absolute atomic E-state index is 6.69. The molecule has 1 aliphatic rings. The van der Waals surface area contributed by atoms with Gasteiger partial charge in [-0.05, 0) is 50.9 Å². The lowest BCUT2D eigenvalue weighted by Crippen LogP contribution is -2.52. The summed E-state index contributed by atoms with van der Waals surface area (Å²) in [5.41, 5.74) is 8.20. The highest BCUT2D eigenvalue weighted by atomic mass is 32.1. The highest BCUT2D eigenvalue weighted by molar-refractivity contribution is 7.10. The van der Waals surface area contributed by atoms with Crippen LogP contribution in [0.2, 0.25) is 0 Å². The number of aryl methyl sites for hydroxylation is 1. The maximum Gasteiger partial charge on any atom is 0.0492 e. The van der Waals surface area contributed by atoms with Gasteiger partial charge in [0, 0.05) is 16.5 Å². The summed E-state index contributed by atoms with van der Waals surface area (Å²) in [5.74, 6) is 0. The van der Waals surface area contributed by atoms with Crippen molar-refractivity contribution in [2.24, 2.45) is 5.73 Å². The van der Waals surface area contributed by atoms with E-state index in [1.165, 1.54) is 49.0 Å². The molecule has 2 rings (SSSR count). The fourth-order valence-corrected chi connectivity index (χ4v) is 4.13. The molecule has 2 N–H and O–H groups in total. The number of likely N-dealkylation sites (N-methyl/N-ethyl adjacent to an activating group) is 1. The third-order valence-corrected chi connectivity index (χ3v) is 5.53. The van der Waals surface area contributed by atoms with Crippen molar-refractivity contribution in [3.8, 4) is 0 Å². The second-order valence-corrected chi connectivity index (χ2v) is 6.94. The van der Waals surface area contributed by atoms with Crippen molar-refractivity contribution in [3.63, 3.8) is 0 Å². The predicted molar refractivity (Wildman–Crippen MR) is 80.1 cm³/mol. The summed E-state index contributed by atoms with van der Waals surface area (Å²) in [6, 6.07) is 2.37. The van der Waals surface area contributed by atoms with Crippen molar-refractivity contribution in [3.05, 3.63) is 21.9 Å². The second kappa shape index (κ2) is 5.72. The van der Waals surface area contributed by atoms with Crippen molar-refractivity contribution in [1.82, 2.24) is 4.90 Å². The average Bonchev–Trinajstić information content (AvgIpc) is 2.63. The molecular formula is C15H26N2S. The van der Waals surface area contributed by atoms with Gasteiger partial charge in [0.05, 0.1) is 0 Å². The van der Waals surface area contributed by atoms with Crippen molar-refractivity contribution >= 4 is 11.3 Å². The van der Waals surface area contributed by atoms with E-state index in [0.717, 1.165) is 0 Å². The quantitative estimate of drug-likeness (QED) is 0.845. The topological polar surface area (TPSA) is 29.3 Å². The molecule has 0 spiro atoms. The molecule has 0 radical (unpaired) electrons. The van der Waals surface area contributed by atoms with E-state index in [1.54, 1.807) is 0 Å². The normalized spacial score (nSPS) is 21.8. The van der Waals surface area contributed by atoms with E-state index in [4.69, 9.17) is 5.73 Å². The van der Waals surface area contributed by atoms with Crippen LogP contribution in [0.5, 0.6) is 0 Å². The molecule has 0 saturated heterocycles. The minimum absolute atomic E-state index is 0.150. The summed E-state index contributed by atoms with van der Waals surface area (Å²) in [5, 5.41) is 2.17. The molecule has 0 aromatic carbocycles. The van der Waals surface area contributed by atoms with Crippen LogP contribution in [0.1, 0.15) is 55.0 Å². The standard InChI is InChI=1S/C15H26N2S/c1-12-13(8-11-18-12)14(16)15(17(2)3)9-6-4-5-7-10-15/h8,11,14H,4-7,9-10,16H2,1-3H3. The Morgan fingerprint density at radius 2 is 1.83 bits per heavy atom. The Morgan fingerprint density at radius 1 is 1.22 bits per heavy atom. The third-order valence-electron chi connectivity index (χ3n) is 4.67. The Kier molecular flexibility index (Phi) is 4.46. The summed E-state index contributed by atoms with van der Waals surface area (Å²) in [7, 11) is 4.40.